The summed E-state index contributed by atoms with van der Waals surface area (Å²) < 4.78 is 3.63. The van der Waals surface area contributed by atoms with Crippen molar-refractivity contribution in [2.45, 2.75) is 18.9 Å². The van der Waals surface area contributed by atoms with Gasteiger partial charge in [-0.05, 0) is 38.1 Å². The van der Waals surface area contributed by atoms with E-state index < -0.39 is 11.2 Å². The molecule has 1 aliphatic heterocycles. The number of hydrogen-bond acceptors (Lipinski definition) is 4. The Bertz CT molecular complexity index is 962. The number of H-pyrrole nitrogens is 1. The molecular weight excluding hydrogens is 294 g/mol. The van der Waals surface area contributed by atoms with Crippen LogP contribution in [-0.4, -0.2) is 32.2 Å². The standard InChI is InChI=1S/C16H17N5O2/c22-14-5-10-21(16(23)19-14)15-12-4-9-20(13(12)3-8-18-15)11-1-6-17-7-2-11/h3-5,8-11,17H,1-2,6-7H2,(H,19,22,23). The molecule has 1 saturated heterocycles. The number of piperidine rings is 1. The van der Waals surface area contributed by atoms with Gasteiger partial charge in [-0.3, -0.25) is 14.3 Å². The zero-order chi connectivity index (χ0) is 15.8. The third kappa shape index (κ3) is 2.39. The Balaban J connectivity index is 1.87. The second kappa shape index (κ2) is 5.51. The Morgan fingerprint density at radius 2 is 1.91 bits per heavy atom. The summed E-state index contributed by atoms with van der Waals surface area (Å²) in [6, 6.07) is 5.73. The second-order valence-electron chi connectivity index (χ2n) is 5.75. The van der Waals surface area contributed by atoms with Gasteiger partial charge in [0, 0.05) is 36.1 Å². The van der Waals surface area contributed by atoms with Crippen molar-refractivity contribution in [1.29, 1.82) is 0 Å². The molecule has 0 unspecified atom stereocenters. The van der Waals surface area contributed by atoms with E-state index >= 15 is 0 Å². The van der Waals surface area contributed by atoms with Crippen molar-refractivity contribution in [2.75, 3.05) is 13.1 Å². The SMILES string of the molecule is O=c1ccn(-c2nccc3c2ccn3C2CCNCC2)c(=O)[nH]1. The van der Waals surface area contributed by atoms with E-state index in [9.17, 15) is 9.59 Å². The van der Waals surface area contributed by atoms with E-state index in [0.29, 0.717) is 11.9 Å². The Hall–Kier alpha value is -2.67. The molecule has 4 rings (SSSR count). The molecule has 3 aromatic heterocycles. The van der Waals surface area contributed by atoms with E-state index in [-0.39, 0.29) is 0 Å². The highest BCUT2D eigenvalue weighted by Gasteiger charge is 2.18. The molecule has 2 N–H and O–H groups in total. The minimum atomic E-state index is -0.480. The van der Waals surface area contributed by atoms with Crippen molar-refractivity contribution in [2.24, 2.45) is 0 Å². The van der Waals surface area contributed by atoms with E-state index in [1.165, 1.54) is 16.8 Å². The average molecular weight is 311 g/mol. The predicted octanol–water partition coefficient (Wildman–Crippen LogP) is 0.800. The topological polar surface area (TPSA) is 84.7 Å². The summed E-state index contributed by atoms with van der Waals surface area (Å²) in [7, 11) is 0. The molecule has 0 radical (unpaired) electrons. The fourth-order valence-electron chi connectivity index (χ4n) is 3.25. The molecule has 0 saturated carbocycles. The van der Waals surface area contributed by atoms with Gasteiger partial charge in [0.2, 0.25) is 0 Å². The van der Waals surface area contributed by atoms with Crippen LogP contribution in [0.4, 0.5) is 0 Å². The molecule has 1 fully saturated rings. The molecule has 4 heterocycles. The summed E-state index contributed by atoms with van der Waals surface area (Å²) in [6.45, 7) is 2.03. The minimum Gasteiger partial charge on any atom is -0.344 e. The third-order valence-corrected chi connectivity index (χ3v) is 4.38. The molecule has 7 nitrogen and oxygen atoms in total. The molecule has 3 aromatic rings. The Labute approximate surface area is 131 Å². The van der Waals surface area contributed by atoms with Crippen molar-refractivity contribution in [3.63, 3.8) is 0 Å². The van der Waals surface area contributed by atoms with E-state index in [0.717, 1.165) is 36.8 Å². The van der Waals surface area contributed by atoms with Gasteiger partial charge < -0.3 is 9.88 Å². The van der Waals surface area contributed by atoms with Crippen LogP contribution in [0.3, 0.4) is 0 Å². The van der Waals surface area contributed by atoms with E-state index in [1.54, 1.807) is 6.20 Å². The minimum absolute atomic E-state index is 0.411. The van der Waals surface area contributed by atoms with Crippen LogP contribution in [0.25, 0.3) is 16.7 Å². The first-order valence-corrected chi connectivity index (χ1v) is 7.73. The molecule has 0 bridgehead atoms. The van der Waals surface area contributed by atoms with Crippen LogP contribution < -0.4 is 16.6 Å². The van der Waals surface area contributed by atoms with Gasteiger partial charge in [-0.25, -0.2) is 9.78 Å². The maximum atomic E-state index is 12.0. The lowest BCUT2D eigenvalue weighted by molar-refractivity contribution is 0.376. The van der Waals surface area contributed by atoms with E-state index in [2.05, 4.69) is 26.0 Å². The third-order valence-electron chi connectivity index (χ3n) is 4.38. The monoisotopic (exact) mass is 311 g/mol. The normalized spacial score (nSPS) is 16.0. The largest absolute Gasteiger partial charge is 0.344 e. The van der Waals surface area contributed by atoms with Crippen LogP contribution in [0.5, 0.6) is 0 Å². The number of pyridine rings is 1. The van der Waals surface area contributed by atoms with Gasteiger partial charge in [0.25, 0.3) is 5.56 Å². The lowest BCUT2D eigenvalue weighted by Gasteiger charge is -2.25. The number of nitrogens with zero attached hydrogens (tertiary/aromatic N) is 3. The van der Waals surface area contributed by atoms with Gasteiger partial charge in [-0.15, -0.1) is 0 Å². The van der Waals surface area contributed by atoms with Crippen molar-refractivity contribution < 1.29 is 0 Å². The Morgan fingerprint density at radius 1 is 1.09 bits per heavy atom. The number of nitrogens with one attached hydrogen (secondary N) is 2. The van der Waals surface area contributed by atoms with Crippen LogP contribution >= 0.6 is 0 Å². The predicted molar refractivity (Wildman–Crippen MR) is 87.1 cm³/mol. The van der Waals surface area contributed by atoms with Crippen LogP contribution in [0.1, 0.15) is 18.9 Å². The van der Waals surface area contributed by atoms with Gasteiger partial charge in [-0.2, -0.15) is 0 Å². The number of hydrogen-bond donors (Lipinski definition) is 2. The van der Waals surface area contributed by atoms with Gasteiger partial charge >= 0.3 is 5.69 Å². The zero-order valence-corrected chi connectivity index (χ0v) is 12.5. The van der Waals surface area contributed by atoms with Gasteiger partial charge in [0.05, 0.1) is 5.52 Å². The Morgan fingerprint density at radius 3 is 2.70 bits per heavy atom. The number of rotatable bonds is 2. The van der Waals surface area contributed by atoms with Crippen molar-refractivity contribution >= 4 is 10.9 Å². The number of aromatic nitrogens is 4. The summed E-state index contributed by atoms with van der Waals surface area (Å²) in [5.41, 5.74) is 0.165. The zero-order valence-electron chi connectivity index (χ0n) is 12.5. The Kier molecular flexibility index (Phi) is 3.34. The van der Waals surface area contributed by atoms with Gasteiger partial charge in [0.15, 0.2) is 0 Å². The van der Waals surface area contributed by atoms with Gasteiger partial charge in [0.1, 0.15) is 5.82 Å². The molecule has 23 heavy (non-hydrogen) atoms. The lowest BCUT2D eigenvalue weighted by atomic mass is 10.1. The number of aromatic amines is 1. The number of fused-ring (bicyclic) bond motifs is 1. The summed E-state index contributed by atoms with van der Waals surface area (Å²) in [4.78, 5) is 29.9. The first-order chi connectivity index (χ1) is 11.2. The molecule has 0 aliphatic carbocycles. The molecule has 7 heteroatoms. The smallest absolute Gasteiger partial charge is 0.334 e. The lowest BCUT2D eigenvalue weighted by Crippen LogP contribution is -2.29. The quantitative estimate of drug-likeness (QED) is 0.733. The molecule has 1 aliphatic rings. The summed E-state index contributed by atoms with van der Waals surface area (Å²) in [6.07, 6.45) is 7.39. The first-order valence-electron chi connectivity index (χ1n) is 7.73. The summed E-state index contributed by atoms with van der Waals surface area (Å²) >= 11 is 0. The second-order valence-corrected chi connectivity index (χ2v) is 5.75. The van der Waals surface area contributed by atoms with Crippen molar-refractivity contribution in [3.8, 4) is 5.82 Å². The molecule has 0 amide bonds. The summed E-state index contributed by atoms with van der Waals surface area (Å²) in [5, 5.41) is 4.27. The highest BCUT2D eigenvalue weighted by Crippen LogP contribution is 2.27. The van der Waals surface area contributed by atoms with Crippen molar-refractivity contribution in [1.82, 2.24) is 24.4 Å². The molecule has 0 spiro atoms. The van der Waals surface area contributed by atoms with Crippen LogP contribution in [0.15, 0.2) is 46.4 Å². The first kappa shape index (κ1) is 14.0. The molecule has 0 aromatic carbocycles. The van der Waals surface area contributed by atoms with E-state index in [1.807, 2.05) is 12.1 Å². The van der Waals surface area contributed by atoms with E-state index in [4.69, 9.17) is 0 Å². The highest BCUT2D eigenvalue weighted by atomic mass is 16.2. The maximum absolute atomic E-state index is 12.0. The average Bonchev–Trinajstić information content (AvgIpc) is 3.00. The fraction of sp³-hybridized carbons (Fsp3) is 0.312. The van der Waals surface area contributed by atoms with Crippen LogP contribution in [0.2, 0.25) is 0 Å². The fourth-order valence-corrected chi connectivity index (χ4v) is 3.25. The summed E-state index contributed by atoms with van der Waals surface area (Å²) in [5.74, 6) is 0.538. The van der Waals surface area contributed by atoms with Crippen molar-refractivity contribution in [3.05, 3.63) is 57.6 Å². The molecule has 0 atom stereocenters. The molecule has 118 valence electrons. The van der Waals surface area contributed by atoms with Gasteiger partial charge in [-0.1, -0.05) is 0 Å². The molecular formula is C16H17N5O2. The highest BCUT2D eigenvalue weighted by molar-refractivity contribution is 5.86. The van der Waals surface area contributed by atoms with Crippen LogP contribution in [-0.2, 0) is 0 Å². The maximum Gasteiger partial charge on any atom is 0.334 e. The van der Waals surface area contributed by atoms with Crippen LogP contribution in [0, 0.1) is 0 Å².